The van der Waals surface area contributed by atoms with Crippen LogP contribution < -0.4 is 5.32 Å². The molecule has 126 valence electrons. The molecule has 0 saturated carbocycles. The highest BCUT2D eigenvalue weighted by Gasteiger charge is 2.32. The first-order chi connectivity index (χ1) is 10.1. The predicted octanol–water partition coefficient (Wildman–Crippen LogP) is 3.52. The van der Waals surface area contributed by atoms with Gasteiger partial charge in [-0.15, -0.1) is 10.2 Å². The summed E-state index contributed by atoms with van der Waals surface area (Å²) < 4.78 is 37.0. The van der Waals surface area contributed by atoms with E-state index >= 15 is 0 Å². The summed E-state index contributed by atoms with van der Waals surface area (Å²) in [6.07, 6.45) is -2.52. The van der Waals surface area contributed by atoms with Gasteiger partial charge in [0.1, 0.15) is 5.01 Å². The number of alkyl halides is 3. The van der Waals surface area contributed by atoms with Gasteiger partial charge < -0.3 is 5.32 Å². The molecular weight excluding hydrogens is 313 g/mol. The number of hydrogen-bond donors (Lipinski definition) is 1. The zero-order valence-electron chi connectivity index (χ0n) is 13.2. The van der Waals surface area contributed by atoms with E-state index in [1.807, 2.05) is 0 Å². The van der Waals surface area contributed by atoms with Crippen LogP contribution in [-0.2, 0) is 5.41 Å². The van der Waals surface area contributed by atoms with E-state index in [1.54, 1.807) is 11.3 Å². The fourth-order valence-electron chi connectivity index (χ4n) is 2.43. The van der Waals surface area contributed by atoms with E-state index in [4.69, 9.17) is 0 Å². The molecule has 0 aliphatic carbocycles. The van der Waals surface area contributed by atoms with E-state index < -0.39 is 12.7 Å². The Morgan fingerprint density at radius 2 is 1.82 bits per heavy atom. The van der Waals surface area contributed by atoms with Gasteiger partial charge in [-0.05, 0) is 31.8 Å². The van der Waals surface area contributed by atoms with Crippen molar-refractivity contribution in [3.8, 4) is 0 Å². The number of piperidine rings is 1. The highest BCUT2D eigenvalue weighted by atomic mass is 32.1. The van der Waals surface area contributed by atoms with E-state index in [9.17, 15) is 13.2 Å². The van der Waals surface area contributed by atoms with Crippen molar-refractivity contribution in [2.45, 2.75) is 45.2 Å². The first-order valence-corrected chi connectivity index (χ1v) is 8.32. The number of likely N-dealkylation sites (tertiary alicyclic amines) is 1. The maximum Gasteiger partial charge on any atom is 0.401 e. The van der Waals surface area contributed by atoms with Gasteiger partial charge in [0.15, 0.2) is 0 Å². The van der Waals surface area contributed by atoms with Crippen molar-refractivity contribution in [1.82, 2.24) is 15.1 Å². The SMILES string of the molecule is CC(C)(C)c1nnc(NCC2CCN(CC(F)(F)F)CC2)s1. The van der Waals surface area contributed by atoms with Crippen LogP contribution >= 0.6 is 11.3 Å². The molecule has 4 nitrogen and oxygen atoms in total. The van der Waals surface area contributed by atoms with Crippen LogP contribution in [0.15, 0.2) is 0 Å². The molecule has 1 aliphatic rings. The Morgan fingerprint density at radius 3 is 2.32 bits per heavy atom. The van der Waals surface area contributed by atoms with Crippen molar-refractivity contribution in [3.63, 3.8) is 0 Å². The summed E-state index contributed by atoms with van der Waals surface area (Å²) in [5.74, 6) is 0.395. The van der Waals surface area contributed by atoms with Gasteiger partial charge in [-0.25, -0.2) is 0 Å². The van der Waals surface area contributed by atoms with Crippen LogP contribution in [-0.4, -0.2) is 47.5 Å². The van der Waals surface area contributed by atoms with Gasteiger partial charge >= 0.3 is 6.18 Å². The number of anilines is 1. The standard InChI is InChI=1S/C14H23F3N4S/c1-13(2,3)11-19-20-12(22-11)18-8-10-4-6-21(7-5-10)9-14(15,16)17/h10H,4-9H2,1-3H3,(H,18,20). The molecule has 22 heavy (non-hydrogen) atoms. The Labute approximate surface area is 133 Å². The van der Waals surface area contributed by atoms with Gasteiger partial charge in [0.2, 0.25) is 5.13 Å². The quantitative estimate of drug-likeness (QED) is 0.913. The number of nitrogens with one attached hydrogen (secondary N) is 1. The molecule has 0 unspecified atom stereocenters. The molecule has 1 saturated heterocycles. The Kier molecular flexibility index (Phi) is 5.32. The van der Waals surface area contributed by atoms with Crippen molar-refractivity contribution in [2.24, 2.45) is 5.92 Å². The number of hydrogen-bond acceptors (Lipinski definition) is 5. The van der Waals surface area contributed by atoms with Crippen LogP contribution in [0.5, 0.6) is 0 Å². The number of rotatable bonds is 4. The summed E-state index contributed by atoms with van der Waals surface area (Å²) in [5.41, 5.74) is -0.0134. The smallest absolute Gasteiger partial charge is 0.360 e. The highest BCUT2D eigenvalue weighted by Crippen LogP contribution is 2.28. The third kappa shape index (κ3) is 5.39. The first kappa shape index (κ1) is 17.5. The lowest BCUT2D eigenvalue weighted by Gasteiger charge is -2.32. The van der Waals surface area contributed by atoms with Gasteiger partial charge in [0, 0.05) is 12.0 Å². The number of aromatic nitrogens is 2. The van der Waals surface area contributed by atoms with Crippen LogP contribution in [0, 0.1) is 5.92 Å². The molecule has 0 amide bonds. The Morgan fingerprint density at radius 1 is 1.18 bits per heavy atom. The fraction of sp³-hybridized carbons (Fsp3) is 0.857. The van der Waals surface area contributed by atoms with Crippen LogP contribution in [0.1, 0.15) is 38.6 Å². The molecule has 2 rings (SSSR count). The van der Waals surface area contributed by atoms with E-state index in [2.05, 4.69) is 36.3 Å². The van der Waals surface area contributed by atoms with Crippen molar-refractivity contribution in [1.29, 1.82) is 0 Å². The monoisotopic (exact) mass is 336 g/mol. The largest absolute Gasteiger partial charge is 0.401 e. The molecule has 1 aromatic rings. The van der Waals surface area contributed by atoms with Crippen LogP contribution in [0.25, 0.3) is 0 Å². The van der Waals surface area contributed by atoms with Crippen molar-refractivity contribution in [3.05, 3.63) is 5.01 Å². The molecule has 8 heteroatoms. The summed E-state index contributed by atoms with van der Waals surface area (Å²) >= 11 is 1.54. The van der Waals surface area contributed by atoms with E-state index in [0.717, 1.165) is 29.5 Å². The topological polar surface area (TPSA) is 41.1 Å². The maximum absolute atomic E-state index is 12.3. The fourth-order valence-corrected chi connectivity index (χ4v) is 3.24. The average Bonchev–Trinajstić information content (AvgIpc) is 2.85. The van der Waals surface area contributed by atoms with Gasteiger partial charge in [0.25, 0.3) is 0 Å². The molecule has 2 heterocycles. The summed E-state index contributed by atoms with van der Waals surface area (Å²) in [5, 5.41) is 13.4. The minimum absolute atomic E-state index is 0.0134. The van der Waals surface area contributed by atoms with Crippen molar-refractivity contribution < 1.29 is 13.2 Å². The zero-order chi connectivity index (χ0) is 16.4. The summed E-state index contributed by atoms with van der Waals surface area (Å²) in [4.78, 5) is 1.49. The average molecular weight is 336 g/mol. The third-order valence-electron chi connectivity index (χ3n) is 3.72. The van der Waals surface area contributed by atoms with E-state index in [-0.39, 0.29) is 5.41 Å². The molecule has 0 spiro atoms. The predicted molar refractivity (Wildman–Crippen MR) is 82.3 cm³/mol. The molecule has 1 N–H and O–H groups in total. The minimum Gasteiger partial charge on any atom is -0.360 e. The van der Waals surface area contributed by atoms with E-state index in [0.29, 0.717) is 19.0 Å². The molecule has 0 radical (unpaired) electrons. The lowest BCUT2D eigenvalue weighted by molar-refractivity contribution is -0.148. The highest BCUT2D eigenvalue weighted by molar-refractivity contribution is 7.15. The molecule has 0 aromatic carbocycles. The zero-order valence-corrected chi connectivity index (χ0v) is 14.0. The second kappa shape index (κ2) is 6.70. The third-order valence-corrected chi connectivity index (χ3v) is 5.03. The molecule has 0 bridgehead atoms. The molecular formula is C14H23F3N4S. The van der Waals surface area contributed by atoms with E-state index in [1.165, 1.54) is 4.90 Å². The van der Waals surface area contributed by atoms with Crippen LogP contribution in [0.2, 0.25) is 0 Å². The Hall–Kier alpha value is -0.890. The van der Waals surface area contributed by atoms with Crippen molar-refractivity contribution in [2.75, 3.05) is 31.5 Å². The number of halogens is 3. The number of nitrogens with zero attached hydrogens (tertiary/aromatic N) is 3. The summed E-state index contributed by atoms with van der Waals surface area (Å²) in [6, 6.07) is 0. The second-order valence-corrected chi connectivity index (χ2v) is 7.86. The molecule has 1 aromatic heterocycles. The summed E-state index contributed by atoms with van der Waals surface area (Å²) in [6.45, 7) is 7.25. The maximum atomic E-state index is 12.3. The second-order valence-electron chi connectivity index (χ2n) is 6.88. The minimum atomic E-state index is -4.10. The van der Waals surface area contributed by atoms with Crippen LogP contribution in [0.4, 0.5) is 18.3 Å². The first-order valence-electron chi connectivity index (χ1n) is 7.50. The molecule has 1 aliphatic heterocycles. The lowest BCUT2D eigenvalue weighted by atomic mass is 9.97. The molecule has 1 fully saturated rings. The van der Waals surface area contributed by atoms with Gasteiger partial charge in [-0.3, -0.25) is 4.90 Å². The Balaban J connectivity index is 1.74. The van der Waals surface area contributed by atoms with Crippen LogP contribution in [0.3, 0.4) is 0 Å². The molecule has 0 atom stereocenters. The van der Waals surface area contributed by atoms with Gasteiger partial charge in [0.05, 0.1) is 6.54 Å². The normalized spacial score (nSPS) is 18.6. The van der Waals surface area contributed by atoms with Gasteiger partial charge in [-0.1, -0.05) is 32.1 Å². The lowest BCUT2D eigenvalue weighted by Crippen LogP contribution is -2.41. The Bertz CT molecular complexity index is 473. The van der Waals surface area contributed by atoms with Gasteiger partial charge in [-0.2, -0.15) is 13.2 Å². The summed E-state index contributed by atoms with van der Waals surface area (Å²) in [7, 11) is 0. The van der Waals surface area contributed by atoms with Crippen molar-refractivity contribution >= 4 is 16.5 Å².